The van der Waals surface area contributed by atoms with Crippen molar-refractivity contribution in [1.82, 2.24) is 0 Å². The molecule has 3 nitrogen and oxygen atoms in total. The maximum atomic E-state index is 12.9. The van der Waals surface area contributed by atoms with E-state index in [1.54, 1.807) is 6.07 Å². The van der Waals surface area contributed by atoms with Crippen LogP contribution in [0.4, 0.5) is 10.1 Å². The van der Waals surface area contributed by atoms with Crippen LogP contribution < -0.4 is 5.32 Å². The molecule has 1 fully saturated rings. The highest BCUT2D eigenvalue weighted by atomic mass is 127. The number of carbonyl (C=O) groups is 1. The summed E-state index contributed by atoms with van der Waals surface area (Å²) < 4.78 is 18.8. The molecule has 1 aromatic carbocycles. The van der Waals surface area contributed by atoms with Gasteiger partial charge in [-0.05, 0) is 53.6 Å². The van der Waals surface area contributed by atoms with E-state index in [2.05, 4.69) is 5.32 Å². The van der Waals surface area contributed by atoms with Crippen LogP contribution >= 0.6 is 22.6 Å². The molecule has 0 aromatic heterocycles. The predicted molar refractivity (Wildman–Crippen MR) is 71.3 cm³/mol. The van der Waals surface area contributed by atoms with Gasteiger partial charge in [-0.3, -0.25) is 4.79 Å². The van der Waals surface area contributed by atoms with Crippen LogP contribution in [0.25, 0.3) is 0 Å². The number of halogens is 2. The molecule has 92 valence electrons. The van der Waals surface area contributed by atoms with Gasteiger partial charge in [-0.1, -0.05) is 0 Å². The highest BCUT2D eigenvalue weighted by molar-refractivity contribution is 14.1. The molecule has 5 heteroatoms. The van der Waals surface area contributed by atoms with Crippen LogP contribution in [0, 0.1) is 15.3 Å². The molecule has 1 saturated heterocycles. The monoisotopic (exact) mass is 349 g/mol. The fourth-order valence-electron chi connectivity index (χ4n) is 1.79. The lowest BCUT2D eigenvalue weighted by atomic mass is 9.99. The topological polar surface area (TPSA) is 38.3 Å². The number of rotatable bonds is 2. The van der Waals surface area contributed by atoms with Crippen molar-refractivity contribution in [1.29, 1.82) is 0 Å². The Hall–Kier alpha value is -0.690. The molecule has 0 atom stereocenters. The van der Waals surface area contributed by atoms with E-state index >= 15 is 0 Å². The van der Waals surface area contributed by atoms with Gasteiger partial charge < -0.3 is 10.1 Å². The van der Waals surface area contributed by atoms with Crippen LogP contribution in [-0.2, 0) is 9.53 Å². The van der Waals surface area contributed by atoms with Crippen LogP contribution in [0.15, 0.2) is 18.2 Å². The van der Waals surface area contributed by atoms with E-state index in [4.69, 9.17) is 4.74 Å². The first-order valence-electron chi connectivity index (χ1n) is 5.50. The lowest BCUT2D eigenvalue weighted by molar-refractivity contribution is -0.122. The number of nitrogens with one attached hydrogen (secondary N) is 1. The summed E-state index contributed by atoms with van der Waals surface area (Å²) in [4.78, 5) is 11.9. The van der Waals surface area contributed by atoms with Crippen molar-refractivity contribution in [2.45, 2.75) is 12.8 Å². The smallest absolute Gasteiger partial charge is 0.227 e. The summed E-state index contributed by atoms with van der Waals surface area (Å²) >= 11 is 2.01. The summed E-state index contributed by atoms with van der Waals surface area (Å²) in [5, 5.41) is 2.84. The Balaban J connectivity index is 2.02. The highest BCUT2D eigenvalue weighted by Gasteiger charge is 2.21. The summed E-state index contributed by atoms with van der Waals surface area (Å²) in [6.45, 7) is 1.27. The summed E-state index contributed by atoms with van der Waals surface area (Å²) in [5.74, 6) is -0.291. The molecule has 1 amide bonds. The number of benzene rings is 1. The normalized spacial score (nSPS) is 16.8. The van der Waals surface area contributed by atoms with Gasteiger partial charge in [0.2, 0.25) is 5.91 Å². The number of hydrogen-bond donors (Lipinski definition) is 1. The first-order valence-corrected chi connectivity index (χ1v) is 6.58. The maximum Gasteiger partial charge on any atom is 0.227 e. The third-order valence-corrected chi connectivity index (χ3v) is 3.67. The Morgan fingerprint density at radius 2 is 2.12 bits per heavy atom. The third kappa shape index (κ3) is 3.38. The van der Waals surface area contributed by atoms with Gasteiger partial charge in [0.1, 0.15) is 5.82 Å². The Morgan fingerprint density at radius 1 is 1.41 bits per heavy atom. The van der Waals surface area contributed by atoms with E-state index < -0.39 is 0 Å². The average Bonchev–Trinajstić information content (AvgIpc) is 2.34. The Morgan fingerprint density at radius 3 is 2.76 bits per heavy atom. The molecule has 0 unspecified atom stereocenters. The summed E-state index contributed by atoms with van der Waals surface area (Å²) in [7, 11) is 0. The van der Waals surface area contributed by atoms with Gasteiger partial charge >= 0.3 is 0 Å². The van der Waals surface area contributed by atoms with Crippen molar-refractivity contribution in [2.24, 2.45) is 5.92 Å². The molecule has 0 saturated carbocycles. The largest absolute Gasteiger partial charge is 0.381 e. The van der Waals surface area contributed by atoms with Gasteiger partial charge in [-0.15, -0.1) is 0 Å². The summed E-state index contributed by atoms with van der Waals surface area (Å²) in [6.07, 6.45) is 1.51. The predicted octanol–water partition coefficient (Wildman–Crippen LogP) is 2.80. The van der Waals surface area contributed by atoms with Gasteiger partial charge in [0.15, 0.2) is 0 Å². The molecule has 0 spiro atoms. The summed E-state index contributed by atoms with van der Waals surface area (Å²) in [6, 6.07) is 4.34. The van der Waals surface area contributed by atoms with Crippen molar-refractivity contribution in [3.05, 3.63) is 27.6 Å². The minimum atomic E-state index is -0.293. The standard InChI is InChI=1S/C12H13FINO2/c13-9-1-2-11(10(14)7-9)15-12(16)8-3-5-17-6-4-8/h1-2,7-8H,3-6H2,(H,15,16). The van der Waals surface area contributed by atoms with Gasteiger partial charge in [0.05, 0.1) is 5.69 Å². The molecule has 0 bridgehead atoms. The van der Waals surface area contributed by atoms with E-state index in [0.29, 0.717) is 22.5 Å². The van der Waals surface area contributed by atoms with Crippen molar-refractivity contribution in [3.8, 4) is 0 Å². The van der Waals surface area contributed by atoms with E-state index in [9.17, 15) is 9.18 Å². The lowest BCUT2D eigenvalue weighted by Crippen LogP contribution is -2.28. The Bertz CT molecular complexity index is 419. The zero-order valence-corrected chi connectivity index (χ0v) is 11.4. The summed E-state index contributed by atoms with van der Waals surface area (Å²) in [5.41, 5.74) is 0.670. The van der Waals surface area contributed by atoms with Crippen LogP contribution in [0.2, 0.25) is 0 Å². The first-order chi connectivity index (χ1) is 8.16. The molecule has 1 aliphatic rings. The number of hydrogen-bond acceptors (Lipinski definition) is 2. The zero-order chi connectivity index (χ0) is 12.3. The second kappa shape index (κ2) is 5.77. The third-order valence-electron chi connectivity index (χ3n) is 2.78. The molecule has 2 rings (SSSR count). The SMILES string of the molecule is O=C(Nc1ccc(F)cc1I)C1CCOCC1. The Kier molecular flexibility index (Phi) is 4.33. The second-order valence-electron chi connectivity index (χ2n) is 4.00. The molecular weight excluding hydrogens is 336 g/mol. The Labute approximate surface area is 113 Å². The van der Waals surface area contributed by atoms with E-state index in [-0.39, 0.29) is 17.6 Å². The fraction of sp³-hybridized carbons (Fsp3) is 0.417. The van der Waals surface area contributed by atoms with Crippen LogP contribution in [0.3, 0.4) is 0 Å². The maximum absolute atomic E-state index is 12.9. The van der Waals surface area contributed by atoms with Crippen molar-refractivity contribution in [2.75, 3.05) is 18.5 Å². The minimum Gasteiger partial charge on any atom is -0.381 e. The number of carbonyl (C=O) groups excluding carboxylic acids is 1. The van der Waals surface area contributed by atoms with E-state index in [1.165, 1.54) is 12.1 Å². The molecule has 0 radical (unpaired) electrons. The van der Waals surface area contributed by atoms with Crippen LogP contribution in [0.5, 0.6) is 0 Å². The first kappa shape index (κ1) is 12.8. The van der Waals surface area contributed by atoms with Gasteiger partial charge in [0.25, 0.3) is 0 Å². The molecule has 1 N–H and O–H groups in total. The molecular formula is C12H13FINO2. The van der Waals surface area contributed by atoms with Gasteiger partial charge in [-0.25, -0.2) is 4.39 Å². The van der Waals surface area contributed by atoms with Gasteiger partial charge in [0, 0.05) is 22.7 Å². The molecule has 0 aliphatic carbocycles. The quantitative estimate of drug-likeness (QED) is 0.834. The van der Waals surface area contributed by atoms with E-state index in [0.717, 1.165) is 12.8 Å². The second-order valence-corrected chi connectivity index (χ2v) is 5.16. The van der Waals surface area contributed by atoms with Gasteiger partial charge in [-0.2, -0.15) is 0 Å². The van der Waals surface area contributed by atoms with Crippen molar-refractivity contribution >= 4 is 34.2 Å². The molecule has 1 heterocycles. The number of anilines is 1. The fourth-order valence-corrected chi connectivity index (χ4v) is 2.40. The lowest BCUT2D eigenvalue weighted by Gasteiger charge is -2.21. The number of ether oxygens (including phenoxy) is 1. The van der Waals surface area contributed by atoms with Crippen LogP contribution in [0.1, 0.15) is 12.8 Å². The van der Waals surface area contributed by atoms with Crippen molar-refractivity contribution < 1.29 is 13.9 Å². The van der Waals surface area contributed by atoms with E-state index in [1.807, 2.05) is 22.6 Å². The van der Waals surface area contributed by atoms with Crippen LogP contribution in [-0.4, -0.2) is 19.1 Å². The molecule has 1 aliphatic heterocycles. The number of amides is 1. The van der Waals surface area contributed by atoms with Crippen molar-refractivity contribution in [3.63, 3.8) is 0 Å². The highest BCUT2D eigenvalue weighted by Crippen LogP contribution is 2.22. The molecule has 17 heavy (non-hydrogen) atoms. The zero-order valence-electron chi connectivity index (χ0n) is 9.21. The average molecular weight is 349 g/mol. The minimum absolute atomic E-state index is 0.00201. The molecule has 1 aromatic rings.